The fourth-order valence-electron chi connectivity index (χ4n) is 2.67. The lowest BCUT2D eigenvalue weighted by Gasteiger charge is -2.00. The van der Waals surface area contributed by atoms with Crippen molar-refractivity contribution >= 4 is 5.91 Å². The number of imidazole rings is 1. The molecule has 1 aromatic carbocycles. The van der Waals surface area contributed by atoms with Gasteiger partial charge in [0.2, 0.25) is 0 Å². The first kappa shape index (κ1) is 13.7. The van der Waals surface area contributed by atoms with Crippen molar-refractivity contribution in [1.82, 2.24) is 25.1 Å². The summed E-state index contributed by atoms with van der Waals surface area (Å²) in [6.45, 7) is 0.663. The van der Waals surface area contributed by atoms with Gasteiger partial charge in [-0.05, 0) is 31.0 Å². The first-order valence-electron chi connectivity index (χ1n) is 7.39. The third-order valence-corrected chi connectivity index (χ3v) is 3.81. The molecule has 2 N–H and O–H groups in total. The molecule has 1 aliphatic heterocycles. The molecule has 23 heavy (non-hydrogen) atoms. The highest BCUT2D eigenvalue weighted by atomic mass is 19.1. The molecule has 1 aliphatic rings. The first-order chi connectivity index (χ1) is 11.2. The van der Waals surface area contributed by atoms with Crippen molar-refractivity contribution in [3.05, 3.63) is 53.9 Å². The minimum absolute atomic E-state index is 0.155. The number of carbonyl (C=O) groups is 1. The highest BCUT2D eigenvalue weighted by molar-refractivity contribution is 5.94. The number of amides is 1. The molecule has 0 spiro atoms. The van der Waals surface area contributed by atoms with Gasteiger partial charge < -0.3 is 10.3 Å². The van der Waals surface area contributed by atoms with Gasteiger partial charge in [-0.1, -0.05) is 6.07 Å². The second-order valence-corrected chi connectivity index (χ2v) is 5.43. The van der Waals surface area contributed by atoms with Crippen molar-refractivity contribution < 1.29 is 9.18 Å². The molecule has 3 heterocycles. The number of carbonyl (C=O) groups excluding carboxylic acids is 1. The molecule has 7 heteroatoms. The van der Waals surface area contributed by atoms with Crippen LogP contribution in [-0.2, 0) is 6.42 Å². The van der Waals surface area contributed by atoms with E-state index in [2.05, 4.69) is 20.4 Å². The number of H-pyrrole nitrogens is 1. The van der Waals surface area contributed by atoms with Crippen LogP contribution in [-0.4, -0.2) is 32.2 Å². The Balaban J connectivity index is 1.70. The van der Waals surface area contributed by atoms with Gasteiger partial charge in [0.15, 0.2) is 0 Å². The van der Waals surface area contributed by atoms with Gasteiger partial charge in [-0.25, -0.2) is 14.1 Å². The van der Waals surface area contributed by atoms with Gasteiger partial charge in [-0.3, -0.25) is 4.79 Å². The summed E-state index contributed by atoms with van der Waals surface area (Å²) in [5.74, 6) is 0.119. The quantitative estimate of drug-likeness (QED) is 0.761. The van der Waals surface area contributed by atoms with E-state index in [0.29, 0.717) is 23.8 Å². The van der Waals surface area contributed by atoms with Crippen LogP contribution in [0.15, 0.2) is 36.7 Å². The number of aromatic amines is 1. The molecule has 3 aromatic rings. The second kappa shape index (κ2) is 5.35. The number of halogens is 1. The van der Waals surface area contributed by atoms with Crippen LogP contribution in [0.2, 0.25) is 0 Å². The van der Waals surface area contributed by atoms with Gasteiger partial charge in [0.25, 0.3) is 5.91 Å². The van der Waals surface area contributed by atoms with E-state index in [1.165, 1.54) is 12.1 Å². The van der Waals surface area contributed by atoms with Gasteiger partial charge in [0.05, 0.1) is 17.4 Å². The number of nitrogens with one attached hydrogen (secondary N) is 2. The van der Waals surface area contributed by atoms with Crippen molar-refractivity contribution in [2.45, 2.75) is 12.8 Å². The highest BCUT2D eigenvalue weighted by Crippen LogP contribution is 2.21. The van der Waals surface area contributed by atoms with Crippen molar-refractivity contribution in [2.75, 3.05) is 6.54 Å². The molecular formula is C16H14FN5O. The van der Waals surface area contributed by atoms with Gasteiger partial charge in [0, 0.05) is 18.4 Å². The molecule has 0 bridgehead atoms. The normalized spacial score (nSPS) is 14.2. The van der Waals surface area contributed by atoms with Crippen molar-refractivity contribution in [3.8, 4) is 17.1 Å². The zero-order valence-electron chi connectivity index (χ0n) is 12.2. The summed E-state index contributed by atoms with van der Waals surface area (Å²) in [4.78, 5) is 19.5. The number of hydrogen-bond acceptors (Lipinski definition) is 3. The SMILES string of the molecule is O=C1NCCCc2[nH]c(-c3cnn(-c4cccc(F)c4)c3)nc21. The maximum absolute atomic E-state index is 13.3. The molecule has 6 nitrogen and oxygen atoms in total. The zero-order chi connectivity index (χ0) is 15.8. The number of hydrogen-bond donors (Lipinski definition) is 2. The van der Waals surface area contributed by atoms with E-state index in [0.717, 1.165) is 24.1 Å². The van der Waals surface area contributed by atoms with Gasteiger partial charge in [-0.15, -0.1) is 0 Å². The molecule has 116 valence electrons. The van der Waals surface area contributed by atoms with Crippen LogP contribution in [0.3, 0.4) is 0 Å². The lowest BCUT2D eigenvalue weighted by Crippen LogP contribution is -2.23. The maximum atomic E-state index is 13.3. The van der Waals surface area contributed by atoms with Crippen LogP contribution in [0.4, 0.5) is 4.39 Å². The minimum Gasteiger partial charge on any atom is -0.351 e. The largest absolute Gasteiger partial charge is 0.351 e. The third kappa shape index (κ3) is 2.50. The molecule has 2 aromatic heterocycles. The molecule has 0 aliphatic carbocycles. The van der Waals surface area contributed by atoms with Crippen molar-refractivity contribution in [1.29, 1.82) is 0 Å². The predicted octanol–water partition coefficient (Wildman–Crippen LogP) is 2.08. The monoisotopic (exact) mass is 311 g/mol. The second-order valence-electron chi connectivity index (χ2n) is 5.43. The number of fused-ring (bicyclic) bond motifs is 1. The minimum atomic E-state index is -0.319. The summed E-state index contributed by atoms with van der Waals surface area (Å²) < 4.78 is 14.9. The summed E-state index contributed by atoms with van der Waals surface area (Å²) in [6.07, 6.45) is 5.05. The number of benzene rings is 1. The van der Waals surface area contributed by atoms with E-state index in [1.54, 1.807) is 29.2 Å². The standard InChI is InChI=1S/C16H14FN5O/c17-11-3-1-4-12(7-11)22-9-10(8-19-22)15-20-13-5-2-6-18-16(23)14(13)21-15/h1,3-4,7-9H,2,5-6H2,(H,18,23)(H,20,21). The van der Waals surface area contributed by atoms with Gasteiger partial charge >= 0.3 is 0 Å². The van der Waals surface area contributed by atoms with Gasteiger partial charge in [-0.2, -0.15) is 5.10 Å². The van der Waals surface area contributed by atoms with Crippen LogP contribution in [0.1, 0.15) is 22.6 Å². The Morgan fingerprint density at radius 2 is 2.22 bits per heavy atom. The zero-order valence-corrected chi connectivity index (χ0v) is 12.2. The molecule has 0 saturated carbocycles. The average molecular weight is 311 g/mol. The molecular weight excluding hydrogens is 297 g/mol. The van der Waals surface area contributed by atoms with Crippen molar-refractivity contribution in [2.24, 2.45) is 0 Å². The molecule has 1 amide bonds. The fraction of sp³-hybridized carbons (Fsp3) is 0.188. The van der Waals surface area contributed by atoms with E-state index in [4.69, 9.17) is 0 Å². The summed E-state index contributed by atoms with van der Waals surface area (Å²) in [7, 11) is 0. The molecule has 4 rings (SSSR count). The molecule has 0 atom stereocenters. The fourth-order valence-corrected chi connectivity index (χ4v) is 2.67. The lowest BCUT2D eigenvalue weighted by atomic mass is 10.2. The predicted molar refractivity (Wildman–Crippen MR) is 81.8 cm³/mol. The Bertz CT molecular complexity index is 882. The van der Waals surface area contributed by atoms with Crippen LogP contribution in [0.25, 0.3) is 17.1 Å². The average Bonchev–Trinajstić information content (AvgIpc) is 3.15. The molecule has 0 fully saturated rings. The summed E-state index contributed by atoms with van der Waals surface area (Å²) >= 11 is 0. The summed E-state index contributed by atoms with van der Waals surface area (Å²) in [5.41, 5.74) is 2.65. The van der Waals surface area contributed by atoms with E-state index in [1.807, 2.05) is 0 Å². The molecule has 0 radical (unpaired) electrons. The Morgan fingerprint density at radius 3 is 3.09 bits per heavy atom. The van der Waals surface area contributed by atoms with Crippen LogP contribution in [0.5, 0.6) is 0 Å². The lowest BCUT2D eigenvalue weighted by molar-refractivity contribution is 0.0951. The smallest absolute Gasteiger partial charge is 0.271 e. The molecule has 0 saturated heterocycles. The third-order valence-electron chi connectivity index (χ3n) is 3.81. The summed E-state index contributed by atoms with van der Waals surface area (Å²) in [5, 5.41) is 7.06. The number of aromatic nitrogens is 4. The number of nitrogens with zero attached hydrogens (tertiary/aromatic N) is 3. The number of aryl methyl sites for hydroxylation is 1. The van der Waals surface area contributed by atoms with Crippen molar-refractivity contribution in [3.63, 3.8) is 0 Å². The summed E-state index contributed by atoms with van der Waals surface area (Å²) in [6, 6.07) is 6.19. The maximum Gasteiger partial charge on any atom is 0.271 e. The van der Waals surface area contributed by atoms with E-state index >= 15 is 0 Å². The highest BCUT2D eigenvalue weighted by Gasteiger charge is 2.21. The van der Waals surface area contributed by atoms with E-state index < -0.39 is 0 Å². The topological polar surface area (TPSA) is 75.6 Å². The number of rotatable bonds is 2. The van der Waals surface area contributed by atoms with Crippen LogP contribution in [0, 0.1) is 5.82 Å². The molecule has 0 unspecified atom stereocenters. The Morgan fingerprint density at radius 1 is 1.30 bits per heavy atom. The Hall–Kier alpha value is -2.96. The van der Waals surface area contributed by atoms with E-state index in [9.17, 15) is 9.18 Å². The van der Waals surface area contributed by atoms with Gasteiger partial charge in [0.1, 0.15) is 17.3 Å². The van der Waals surface area contributed by atoms with Crippen LogP contribution < -0.4 is 5.32 Å². The van der Waals surface area contributed by atoms with Crippen LogP contribution >= 0.6 is 0 Å². The Kier molecular flexibility index (Phi) is 3.18. The van der Waals surface area contributed by atoms with E-state index in [-0.39, 0.29) is 11.7 Å². The first-order valence-corrected chi connectivity index (χ1v) is 7.39. The Labute approximate surface area is 131 Å².